The number of rotatable bonds is 5. The average molecular weight is 373 g/mol. The van der Waals surface area contributed by atoms with Crippen LogP contribution < -0.4 is 0 Å². The van der Waals surface area contributed by atoms with Crippen molar-refractivity contribution < 1.29 is 21.8 Å². The van der Waals surface area contributed by atoms with E-state index in [1.54, 1.807) is 25.4 Å². The maximum atomic E-state index is 13.5. The highest BCUT2D eigenvalue weighted by Gasteiger charge is 2.31. The molecule has 7 heteroatoms. The van der Waals surface area contributed by atoms with Crippen LogP contribution in [0.25, 0.3) is 0 Å². The third-order valence-corrected chi connectivity index (χ3v) is 5.01. The minimum absolute atomic E-state index is 0.100. The van der Waals surface area contributed by atoms with E-state index in [-0.39, 0.29) is 18.2 Å². The molecule has 0 fully saturated rings. The Morgan fingerprint density at radius 2 is 1.72 bits per heavy atom. The van der Waals surface area contributed by atoms with Crippen LogP contribution in [0.3, 0.4) is 0 Å². The van der Waals surface area contributed by atoms with Gasteiger partial charge in [-0.2, -0.15) is 13.2 Å². The van der Waals surface area contributed by atoms with Gasteiger partial charge in [0.2, 0.25) is 0 Å². The van der Waals surface area contributed by atoms with Gasteiger partial charge in [0.15, 0.2) is 0 Å². The molecule has 0 bridgehead atoms. The van der Waals surface area contributed by atoms with Gasteiger partial charge in [-0.05, 0) is 55.4 Å². The second kappa shape index (κ2) is 7.66. The van der Waals surface area contributed by atoms with Gasteiger partial charge in [-0.1, -0.05) is 12.1 Å². The first-order chi connectivity index (χ1) is 11.6. The smallest absolute Gasteiger partial charge is 0.295 e. The van der Waals surface area contributed by atoms with Gasteiger partial charge in [0, 0.05) is 34.5 Å². The van der Waals surface area contributed by atoms with Crippen molar-refractivity contribution in [2.75, 3.05) is 13.3 Å². The predicted octanol–water partition coefficient (Wildman–Crippen LogP) is 4.77. The van der Waals surface area contributed by atoms with Crippen molar-refractivity contribution in [3.63, 3.8) is 0 Å². The summed E-state index contributed by atoms with van der Waals surface area (Å²) in [6.45, 7) is 2.07. The van der Waals surface area contributed by atoms with Crippen LogP contribution in [0.1, 0.15) is 29.7 Å². The highest BCUT2D eigenvalue weighted by molar-refractivity contribution is 7.84. The molecule has 2 aromatic carbocycles. The molecule has 0 saturated carbocycles. The van der Waals surface area contributed by atoms with Gasteiger partial charge in [-0.25, -0.2) is 4.39 Å². The van der Waals surface area contributed by atoms with Gasteiger partial charge >= 0.3 is 6.18 Å². The Labute approximate surface area is 146 Å². The highest BCUT2D eigenvalue weighted by Crippen LogP contribution is 2.31. The fraction of sp³-hybridized carbons (Fsp3) is 0.333. The summed E-state index contributed by atoms with van der Waals surface area (Å²) in [5.41, 5.74) is 0.204. The van der Waals surface area contributed by atoms with Crippen molar-refractivity contribution in [2.24, 2.45) is 0 Å². The van der Waals surface area contributed by atoms with E-state index in [9.17, 15) is 21.8 Å². The third kappa shape index (κ3) is 5.12. The standard InChI is InChI=1S/C18H19F4NOS/c1-12(14-4-6-17(7-5-14)25(3)24)23(2)11-13-8-15(18(20,21)22)10-16(19)9-13/h4-10,12H,11H2,1-3H3/t12-,25-/m1/s1. The van der Waals surface area contributed by atoms with Crippen LogP contribution in [0.4, 0.5) is 17.6 Å². The molecular formula is C18H19F4NOS. The van der Waals surface area contributed by atoms with E-state index in [1.807, 2.05) is 24.0 Å². The van der Waals surface area contributed by atoms with E-state index in [1.165, 1.54) is 0 Å². The minimum atomic E-state index is -4.58. The van der Waals surface area contributed by atoms with Gasteiger partial charge in [-0.3, -0.25) is 9.11 Å². The van der Waals surface area contributed by atoms with Crippen molar-refractivity contribution >= 4 is 10.8 Å². The fourth-order valence-corrected chi connectivity index (χ4v) is 3.04. The maximum absolute atomic E-state index is 13.5. The second-order valence-corrected chi connectivity index (χ2v) is 7.34. The Morgan fingerprint density at radius 1 is 1.12 bits per heavy atom. The maximum Gasteiger partial charge on any atom is 0.416 e. The van der Waals surface area contributed by atoms with E-state index in [4.69, 9.17) is 0 Å². The zero-order chi connectivity index (χ0) is 18.8. The van der Waals surface area contributed by atoms with Crippen molar-refractivity contribution in [3.8, 4) is 0 Å². The second-order valence-electron chi connectivity index (χ2n) is 5.96. The normalized spacial score (nSPS) is 14.6. The van der Waals surface area contributed by atoms with E-state index >= 15 is 0 Å². The molecule has 2 nitrogen and oxygen atoms in total. The molecule has 0 radical (unpaired) electrons. The molecule has 0 N–H and O–H groups in total. The van der Waals surface area contributed by atoms with Gasteiger partial charge in [-0.15, -0.1) is 0 Å². The summed E-state index contributed by atoms with van der Waals surface area (Å²) in [5, 5.41) is 0. The number of hydrogen-bond acceptors (Lipinski definition) is 2. The summed E-state index contributed by atoms with van der Waals surface area (Å²) in [6.07, 6.45) is -2.99. The average Bonchev–Trinajstić information content (AvgIpc) is 2.52. The Hall–Kier alpha value is -1.73. The van der Waals surface area contributed by atoms with Gasteiger partial charge in [0.05, 0.1) is 5.56 Å². The lowest BCUT2D eigenvalue weighted by molar-refractivity contribution is -0.137. The van der Waals surface area contributed by atoms with Crippen LogP contribution in [-0.4, -0.2) is 22.4 Å². The van der Waals surface area contributed by atoms with Crippen LogP contribution in [0.5, 0.6) is 0 Å². The molecule has 0 aromatic heterocycles. The number of nitrogens with zero attached hydrogens (tertiary/aromatic N) is 1. The lowest BCUT2D eigenvalue weighted by atomic mass is 10.1. The van der Waals surface area contributed by atoms with Crippen molar-refractivity contribution in [1.29, 1.82) is 0 Å². The predicted molar refractivity (Wildman–Crippen MR) is 90.1 cm³/mol. The lowest BCUT2D eigenvalue weighted by Gasteiger charge is -2.25. The summed E-state index contributed by atoms with van der Waals surface area (Å²) in [7, 11) is 0.690. The summed E-state index contributed by atoms with van der Waals surface area (Å²) in [6, 6.07) is 9.68. The molecule has 0 aliphatic heterocycles. The van der Waals surface area contributed by atoms with E-state index in [0.717, 1.165) is 17.7 Å². The summed E-state index contributed by atoms with van der Waals surface area (Å²) >= 11 is 0. The molecular weight excluding hydrogens is 354 g/mol. The molecule has 0 amide bonds. The van der Waals surface area contributed by atoms with Crippen molar-refractivity contribution in [3.05, 3.63) is 65.0 Å². The van der Waals surface area contributed by atoms with Crippen LogP contribution in [0.15, 0.2) is 47.4 Å². The molecule has 0 aliphatic rings. The molecule has 0 saturated heterocycles. The van der Waals surface area contributed by atoms with Gasteiger partial charge in [0.1, 0.15) is 5.82 Å². The fourth-order valence-electron chi connectivity index (χ4n) is 2.52. The molecule has 136 valence electrons. The Morgan fingerprint density at radius 3 is 2.24 bits per heavy atom. The molecule has 0 heterocycles. The number of hydrogen-bond donors (Lipinski definition) is 0. The van der Waals surface area contributed by atoms with Crippen molar-refractivity contribution in [2.45, 2.75) is 30.6 Å². The van der Waals surface area contributed by atoms with E-state index < -0.39 is 28.4 Å². The molecule has 2 atom stereocenters. The Balaban J connectivity index is 2.17. The lowest BCUT2D eigenvalue weighted by Crippen LogP contribution is -2.22. The molecule has 25 heavy (non-hydrogen) atoms. The largest absolute Gasteiger partial charge is 0.416 e. The number of benzene rings is 2. The third-order valence-electron chi connectivity index (χ3n) is 4.07. The Bertz CT molecular complexity index is 759. The van der Waals surface area contributed by atoms with Gasteiger partial charge in [0.25, 0.3) is 0 Å². The summed E-state index contributed by atoms with van der Waals surface area (Å²) in [4.78, 5) is 2.53. The molecule has 2 aromatic rings. The first kappa shape index (κ1) is 19.6. The van der Waals surface area contributed by atoms with Crippen LogP contribution in [-0.2, 0) is 23.5 Å². The molecule has 0 spiro atoms. The van der Waals surface area contributed by atoms with Crippen LogP contribution >= 0.6 is 0 Å². The first-order valence-electron chi connectivity index (χ1n) is 7.58. The Kier molecular flexibility index (Phi) is 6.00. The van der Waals surface area contributed by atoms with Crippen LogP contribution in [0.2, 0.25) is 0 Å². The quantitative estimate of drug-likeness (QED) is 0.704. The minimum Gasteiger partial charge on any atom is -0.295 e. The zero-order valence-corrected chi connectivity index (χ0v) is 14.9. The number of alkyl halides is 3. The summed E-state index contributed by atoms with van der Waals surface area (Å²) < 4.78 is 63.3. The summed E-state index contributed by atoms with van der Waals surface area (Å²) in [5.74, 6) is -0.902. The first-order valence-corrected chi connectivity index (χ1v) is 9.14. The SMILES string of the molecule is C[C@H](c1ccc([S@@](C)=O)cc1)N(C)Cc1cc(F)cc(C(F)(F)F)c1. The monoisotopic (exact) mass is 373 g/mol. The molecule has 0 unspecified atom stereocenters. The zero-order valence-electron chi connectivity index (χ0n) is 14.1. The molecule has 0 aliphatic carbocycles. The topological polar surface area (TPSA) is 20.3 Å². The van der Waals surface area contributed by atoms with Crippen LogP contribution in [0, 0.1) is 5.82 Å². The molecule has 2 rings (SSSR count). The van der Waals surface area contributed by atoms with E-state index in [2.05, 4.69) is 0 Å². The van der Waals surface area contributed by atoms with Gasteiger partial charge < -0.3 is 0 Å². The number of halogens is 4. The highest BCUT2D eigenvalue weighted by atomic mass is 32.2. The van der Waals surface area contributed by atoms with E-state index in [0.29, 0.717) is 11.0 Å². The van der Waals surface area contributed by atoms with Crippen molar-refractivity contribution in [1.82, 2.24) is 4.90 Å².